The summed E-state index contributed by atoms with van der Waals surface area (Å²) < 4.78 is 23.8. The average Bonchev–Trinajstić information content (AvgIpc) is 2.28. The maximum Gasteiger partial charge on any atom is 0.263 e. The van der Waals surface area contributed by atoms with Crippen LogP contribution in [-0.2, 0) is 14.9 Å². The molecule has 0 spiro atoms. The second-order valence-electron chi connectivity index (χ2n) is 4.04. The molecule has 0 aliphatic heterocycles. The second kappa shape index (κ2) is 6.16. The van der Waals surface area contributed by atoms with E-state index in [4.69, 9.17) is 21.7 Å². The first-order valence-electron chi connectivity index (χ1n) is 5.20. The van der Waals surface area contributed by atoms with Gasteiger partial charge in [0.15, 0.2) is 0 Å². The number of rotatable bonds is 5. The first kappa shape index (κ1) is 14.9. The van der Waals surface area contributed by atoms with Gasteiger partial charge in [0.2, 0.25) is 0 Å². The Labute approximate surface area is 111 Å². The summed E-state index contributed by atoms with van der Waals surface area (Å²) in [6.45, 7) is 4.00. The van der Waals surface area contributed by atoms with Gasteiger partial charge < -0.3 is 0 Å². The zero-order valence-corrected chi connectivity index (χ0v) is 11.5. The molecule has 0 saturated carbocycles. The van der Waals surface area contributed by atoms with E-state index in [-0.39, 0.29) is 28.0 Å². The van der Waals surface area contributed by atoms with Gasteiger partial charge >= 0.3 is 0 Å². The molecule has 0 atom stereocenters. The summed E-state index contributed by atoms with van der Waals surface area (Å²) in [4.78, 5) is 6.64. The molecule has 1 rings (SSSR count). The third-order valence-electron chi connectivity index (χ3n) is 1.94. The van der Waals surface area contributed by atoms with Crippen molar-refractivity contribution >= 4 is 21.6 Å². The van der Waals surface area contributed by atoms with E-state index in [0.717, 1.165) is 0 Å². The highest BCUT2D eigenvalue weighted by Crippen LogP contribution is 2.20. The number of sulfonamides is 1. The predicted molar refractivity (Wildman–Crippen MR) is 67.3 cm³/mol. The number of benzene rings is 1. The van der Waals surface area contributed by atoms with Crippen LogP contribution in [-0.4, -0.2) is 15.0 Å². The molecule has 0 unspecified atom stereocenters. The molecule has 0 amide bonds. The van der Waals surface area contributed by atoms with Crippen molar-refractivity contribution in [2.75, 3.05) is 6.61 Å². The number of nitrogens with zero attached hydrogens (tertiary/aromatic N) is 1. The number of hydrogen-bond donors (Lipinski definition) is 1. The highest BCUT2D eigenvalue weighted by Gasteiger charge is 2.19. The van der Waals surface area contributed by atoms with Gasteiger partial charge in [0, 0.05) is 5.02 Å². The maximum atomic E-state index is 11.9. The summed E-state index contributed by atoms with van der Waals surface area (Å²) in [7, 11) is -3.90. The van der Waals surface area contributed by atoms with Gasteiger partial charge in [-0.15, -0.1) is 0 Å². The monoisotopic (exact) mass is 288 g/mol. The summed E-state index contributed by atoms with van der Waals surface area (Å²) in [5, 5.41) is 9.09. The third kappa shape index (κ3) is 3.96. The predicted octanol–water partition coefficient (Wildman–Crippen LogP) is 2.08. The van der Waals surface area contributed by atoms with Crippen molar-refractivity contribution in [1.29, 1.82) is 5.26 Å². The molecule has 0 radical (unpaired) electrons. The smallest absolute Gasteiger partial charge is 0.263 e. The van der Waals surface area contributed by atoms with Crippen molar-refractivity contribution < 1.29 is 13.3 Å². The van der Waals surface area contributed by atoms with E-state index in [0.29, 0.717) is 0 Å². The Morgan fingerprint density at radius 3 is 2.72 bits per heavy atom. The molecule has 18 heavy (non-hydrogen) atoms. The minimum Gasteiger partial charge on any atom is -0.287 e. The molecule has 98 valence electrons. The molecule has 0 bridgehead atoms. The van der Waals surface area contributed by atoms with Gasteiger partial charge in [-0.3, -0.25) is 4.84 Å². The van der Waals surface area contributed by atoms with Crippen LogP contribution in [0.1, 0.15) is 19.4 Å². The molecule has 1 aromatic carbocycles. The lowest BCUT2D eigenvalue weighted by molar-refractivity contribution is 0.0718. The van der Waals surface area contributed by atoms with Gasteiger partial charge in [-0.2, -0.15) is 5.26 Å². The Hall–Kier alpha value is -1.13. The van der Waals surface area contributed by atoms with Gasteiger partial charge in [0.05, 0.1) is 12.2 Å². The standard InChI is InChI=1S/C11H13ClN2O3S/c1-8(2)7-17-14-18(15,16)11-5-10(12)4-3-9(11)6-13/h3-5,8,14H,7H2,1-2H3. The molecule has 0 aliphatic rings. The normalized spacial score (nSPS) is 11.5. The summed E-state index contributed by atoms with van der Waals surface area (Å²) in [5.74, 6) is 0.183. The number of hydrogen-bond acceptors (Lipinski definition) is 4. The van der Waals surface area contributed by atoms with E-state index in [1.807, 2.05) is 18.7 Å². The molecule has 0 fully saturated rings. The summed E-state index contributed by atoms with van der Waals surface area (Å²) >= 11 is 5.72. The number of halogens is 1. The molecule has 0 aliphatic carbocycles. The highest BCUT2D eigenvalue weighted by molar-refractivity contribution is 7.89. The van der Waals surface area contributed by atoms with Crippen molar-refractivity contribution in [3.05, 3.63) is 28.8 Å². The first-order valence-corrected chi connectivity index (χ1v) is 7.06. The maximum absolute atomic E-state index is 11.9. The molecular weight excluding hydrogens is 276 g/mol. The van der Waals surface area contributed by atoms with Crippen LogP contribution in [0.4, 0.5) is 0 Å². The van der Waals surface area contributed by atoms with E-state index >= 15 is 0 Å². The van der Waals surface area contributed by atoms with Gasteiger partial charge in [-0.25, -0.2) is 8.42 Å². The zero-order valence-electron chi connectivity index (χ0n) is 9.97. The topological polar surface area (TPSA) is 79.2 Å². The summed E-state index contributed by atoms with van der Waals surface area (Å²) in [6, 6.07) is 5.80. The van der Waals surface area contributed by atoms with Crippen LogP contribution in [0.3, 0.4) is 0 Å². The van der Waals surface area contributed by atoms with Crippen molar-refractivity contribution in [1.82, 2.24) is 4.89 Å². The van der Waals surface area contributed by atoms with E-state index in [1.54, 1.807) is 6.07 Å². The van der Waals surface area contributed by atoms with Gasteiger partial charge in [-0.1, -0.05) is 30.3 Å². The van der Waals surface area contributed by atoms with Crippen LogP contribution in [0.25, 0.3) is 0 Å². The lowest BCUT2D eigenvalue weighted by Gasteiger charge is -2.10. The Morgan fingerprint density at radius 1 is 1.50 bits per heavy atom. The Morgan fingerprint density at radius 2 is 2.17 bits per heavy atom. The first-order chi connectivity index (χ1) is 8.36. The van der Waals surface area contributed by atoms with Crippen LogP contribution >= 0.6 is 11.6 Å². The van der Waals surface area contributed by atoms with Gasteiger partial charge in [0.25, 0.3) is 10.0 Å². The fraction of sp³-hybridized carbons (Fsp3) is 0.364. The van der Waals surface area contributed by atoms with Crippen LogP contribution in [0.2, 0.25) is 5.02 Å². The second-order valence-corrected chi connectivity index (χ2v) is 6.09. The fourth-order valence-electron chi connectivity index (χ4n) is 1.13. The van der Waals surface area contributed by atoms with Gasteiger partial charge in [0.1, 0.15) is 11.0 Å². The molecule has 0 saturated heterocycles. The number of nitriles is 1. The van der Waals surface area contributed by atoms with E-state index in [1.165, 1.54) is 18.2 Å². The molecule has 1 N–H and O–H groups in total. The van der Waals surface area contributed by atoms with Crippen molar-refractivity contribution in [2.24, 2.45) is 5.92 Å². The van der Waals surface area contributed by atoms with E-state index < -0.39 is 10.0 Å². The van der Waals surface area contributed by atoms with Crippen LogP contribution < -0.4 is 4.89 Å². The molecule has 0 aromatic heterocycles. The highest BCUT2D eigenvalue weighted by atomic mass is 35.5. The van der Waals surface area contributed by atoms with Gasteiger partial charge in [-0.05, 0) is 24.1 Å². The average molecular weight is 289 g/mol. The summed E-state index contributed by atoms with van der Waals surface area (Å²) in [5.41, 5.74) is 0.0139. The zero-order chi connectivity index (χ0) is 13.8. The van der Waals surface area contributed by atoms with Crippen LogP contribution in [0.15, 0.2) is 23.1 Å². The Kier molecular flexibility index (Phi) is 5.11. The SMILES string of the molecule is CC(C)CONS(=O)(=O)c1cc(Cl)ccc1C#N. The molecular formula is C11H13ClN2O3S. The summed E-state index contributed by atoms with van der Waals surface area (Å²) in [6.07, 6.45) is 0. The quantitative estimate of drug-likeness (QED) is 0.841. The minimum absolute atomic E-state index is 0.0139. The molecule has 5 nitrogen and oxygen atoms in total. The lowest BCUT2D eigenvalue weighted by atomic mass is 10.2. The third-order valence-corrected chi connectivity index (χ3v) is 3.43. The van der Waals surface area contributed by atoms with Crippen LogP contribution in [0.5, 0.6) is 0 Å². The van der Waals surface area contributed by atoms with Crippen LogP contribution in [0, 0.1) is 17.2 Å². The minimum atomic E-state index is -3.90. The molecule has 1 aromatic rings. The Balaban J connectivity index is 2.98. The molecule has 7 heteroatoms. The largest absolute Gasteiger partial charge is 0.287 e. The van der Waals surface area contributed by atoms with E-state index in [2.05, 4.69) is 0 Å². The van der Waals surface area contributed by atoms with E-state index in [9.17, 15) is 8.42 Å². The number of nitrogens with one attached hydrogen (secondary N) is 1. The lowest BCUT2D eigenvalue weighted by Crippen LogP contribution is -2.26. The molecule has 0 heterocycles. The van der Waals surface area contributed by atoms with Crippen molar-refractivity contribution in [3.8, 4) is 6.07 Å². The van der Waals surface area contributed by atoms with Crippen molar-refractivity contribution in [2.45, 2.75) is 18.7 Å². The van der Waals surface area contributed by atoms with Crippen molar-refractivity contribution in [3.63, 3.8) is 0 Å². The Bertz CT molecular complexity index is 564. The fourth-order valence-corrected chi connectivity index (χ4v) is 2.37.